The van der Waals surface area contributed by atoms with Gasteiger partial charge in [0, 0.05) is 12.8 Å². The number of benzene rings is 1. The molecule has 0 spiro atoms. The van der Waals surface area contributed by atoms with Crippen LogP contribution in [0.4, 0.5) is 4.39 Å². The molecule has 4 nitrogen and oxygen atoms in total. The summed E-state index contributed by atoms with van der Waals surface area (Å²) in [6.07, 6.45) is 1.43. The quantitative estimate of drug-likeness (QED) is 0.723. The minimum Gasteiger partial charge on any atom is -0.481 e. The Morgan fingerprint density at radius 3 is 2.24 bits per heavy atom. The largest absolute Gasteiger partial charge is 0.481 e. The number of hydrogen-bond acceptors (Lipinski definition) is 2. The van der Waals surface area contributed by atoms with Crippen LogP contribution in [0.3, 0.4) is 0 Å². The second-order valence-electron chi connectivity index (χ2n) is 5.44. The predicted molar refractivity (Wildman–Crippen MR) is 78.2 cm³/mol. The summed E-state index contributed by atoms with van der Waals surface area (Å²) in [6, 6.07) is 5.93. The molecule has 0 aliphatic carbocycles. The van der Waals surface area contributed by atoms with Gasteiger partial charge in [-0.05, 0) is 36.5 Å². The highest BCUT2D eigenvalue weighted by molar-refractivity contribution is 5.76. The third kappa shape index (κ3) is 6.38. The number of aliphatic carboxylic acids is 1. The Hall–Kier alpha value is -1.91. The van der Waals surface area contributed by atoms with Crippen LogP contribution < -0.4 is 5.32 Å². The van der Waals surface area contributed by atoms with E-state index in [9.17, 15) is 14.0 Å². The standard InChI is InChI=1S/C16H22FNO3/c1-11(2)16(12-7-9-13(17)10-8-12)18-14(19)5-3-4-6-15(20)21/h7-11,16H,3-6H2,1-2H3,(H,18,19)(H,20,21). The molecule has 1 aromatic carbocycles. The molecule has 0 aliphatic heterocycles. The zero-order valence-electron chi connectivity index (χ0n) is 12.4. The van der Waals surface area contributed by atoms with Crippen molar-refractivity contribution in [1.82, 2.24) is 5.32 Å². The number of halogens is 1. The zero-order valence-corrected chi connectivity index (χ0v) is 12.4. The first-order valence-electron chi connectivity index (χ1n) is 7.16. The summed E-state index contributed by atoms with van der Waals surface area (Å²) in [5.41, 5.74) is 0.866. The molecule has 116 valence electrons. The van der Waals surface area contributed by atoms with Crippen molar-refractivity contribution in [1.29, 1.82) is 0 Å². The summed E-state index contributed by atoms with van der Waals surface area (Å²) in [7, 11) is 0. The van der Waals surface area contributed by atoms with Crippen molar-refractivity contribution in [2.45, 2.75) is 45.6 Å². The fraction of sp³-hybridized carbons (Fsp3) is 0.500. The van der Waals surface area contributed by atoms with Crippen molar-refractivity contribution >= 4 is 11.9 Å². The van der Waals surface area contributed by atoms with Gasteiger partial charge in [-0.3, -0.25) is 9.59 Å². The summed E-state index contributed by atoms with van der Waals surface area (Å²) in [4.78, 5) is 22.3. The fourth-order valence-electron chi connectivity index (χ4n) is 2.11. The minimum absolute atomic E-state index is 0.0822. The Labute approximate surface area is 124 Å². The van der Waals surface area contributed by atoms with E-state index in [4.69, 9.17) is 5.11 Å². The van der Waals surface area contributed by atoms with E-state index in [1.54, 1.807) is 12.1 Å². The fourth-order valence-corrected chi connectivity index (χ4v) is 2.11. The van der Waals surface area contributed by atoms with Gasteiger partial charge in [0.25, 0.3) is 0 Å². The number of carbonyl (C=O) groups is 2. The van der Waals surface area contributed by atoms with Crippen molar-refractivity contribution in [3.63, 3.8) is 0 Å². The third-order valence-corrected chi connectivity index (χ3v) is 3.26. The number of carbonyl (C=O) groups excluding carboxylic acids is 1. The predicted octanol–water partition coefficient (Wildman–Crippen LogP) is 3.28. The third-order valence-electron chi connectivity index (χ3n) is 3.26. The van der Waals surface area contributed by atoms with Crippen LogP contribution in [0.2, 0.25) is 0 Å². The van der Waals surface area contributed by atoms with Gasteiger partial charge in [-0.1, -0.05) is 26.0 Å². The lowest BCUT2D eigenvalue weighted by Crippen LogP contribution is -2.31. The van der Waals surface area contributed by atoms with Crippen LogP contribution in [0.15, 0.2) is 24.3 Å². The van der Waals surface area contributed by atoms with Crippen LogP contribution >= 0.6 is 0 Å². The maximum atomic E-state index is 12.9. The summed E-state index contributed by atoms with van der Waals surface area (Å²) in [6.45, 7) is 3.97. The van der Waals surface area contributed by atoms with E-state index < -0.39 is 5.97 Å². The van der Waals surface area contributed by atoms with Crippen molar-refractivity contribution in [3.8, 4) is 0 Å². The van der Waals surface area contributed by atoms with Crippen molar-refractivity contribution in [2.75, 3.05) is 0 Å². The molecule has 0 aromatic heterocycles. The number of hydrogen-bond donors (Lipinski definition) is 2. The van der Waals surface area contributed by atoms with Crippen molar-refractivity contribution in [3.05, 3.63) is 35.6 Å². The van der Waals surface area contributed by atoms with Gasteiger partial charge in [0.2, 0.25) is 5.91 Å². The molecule has 0 bridgehead atoms. The van der Waals surface area contributed by atoms with Gasteiger partial charge in [-0.15, -0.1) is 0 Å². The average molecular weight is 295 g/mol. The van der Waals surface area contributed by atoms with E-state index in [1.165, 1.54) is 12.1 Å². The topological polar surface area (TPSA) is 66.4 Å². The Morgan fingerprint density at radius 1 is 1.14 bits per heavy atom. The lowest BCUT2D eigenvalue weighted by molar-refractivity contribution is -0.137. The Bertz CT molecular complexity index is 471. The molecule has 0 aliphatic rings. The summed E-state index contributed by atoms with van der Waals surface area (Å²) in [5, 5.41) is 11.5. The van der Waals surface area contributed by atoms with Crippen molar-refractivity contribution < 1.29 is 19.1 Å². The van der Waals surface area contributed by atoms with E-state index in [-0.39, 0.29) is 30.1 Å². The van der Waals surface area contributed by atoms with Crippen LogP contribution in [0.25, 0.3) is 0 Å². The van der Waals surface area contributed by atoms with E-state index in [0.29, 0.717) is 19.3 Å². The molecule has 1 amide bonds. The van der Waals surface area contributed by atoms with E-state index in [1.807, 2.05) is 13.8 Å². The average Bonchev–Trinajstić information content (AvgIpc) is 2.41. The number of amides is 1. The molecule has 1 atom stereocenters. The van der Waals surface area contributed by atoms with Crippen LogP contribution in [-0.4, -0.2) is 17.0 Å². The maximum absolute atomic E-state index is 12.9. The molecule has 21 heavy (non-hydrogen) atoms. The molecule has 1 rings (SSSR count). The van der Waals surface area contributed by atoms with Crippen molar-refractivity contribution in [2.24, 2.45) is 5.92 Å². The van der Waals surface area contributed by atoms with Gasteiger partial charge in [0.05, 0.1) is 6.04 Å². The second kappa shape index (κ2) is 8.39. The van der Waals surface area contributed by atoms with Gasteiger partial charge in [-0.25, -0.2) is 4.39 Å². The van der Waals surface area contributed by atoms with Crippen LogP contribution in [0, 0.1) is 11.7 Å². The number of carboxylic acids is 1. The van der Waals surface area contributed by atoms with Crippen LogP contribution in [0.1, 0.15) is 51.1 Å². The van der Waals surface area contributed by atoms with E-state index in [0.717, 1.165) is 5.56 Å². The number of unbranched alkanes of at least 4 members (excludes halogenated alkanes) is 1. The van der Waals surface area contributed by atoms with Gasteiger partial charge < -0.3 is 10.4 Å². The molecule has 0 fully saturated rings. The van der Waals surface area contributed by atoms with Gasteiger partial charge >= 0.3 is 5.97 Å². The molecule has 0 heterocycles. The molecule has 0 saturated carbocycles. The first-order valence-corrected chi connectivity index (χ1v) is 7.16. The molecule has 0 radical (unpaired) electrons. The van der Waals surface area contributed by atoms with Crippen LogP contribution in [-0.2, 0) is 9.59 Å². The lowest BCUT2D eigenvalue weighted by Gasteiger charge is -2.23. The highest BCUT2D eigenvalue weighted by Gasteiger charge is 2.18. The molecule has 0 saturated heterocycles. The molecular formula is C16H22FNO3. The Balaban J connectivity index is 2.52. The summed E-state index contributed by atoms with van der Waals surface area (Å²) >= 11 is 0. The SMILES string of the molecule is CC(C)C(NC(=O)CCCCC(=O)O)c1ccc(F)cc1. The first-order chi connectivity index (χ1) is 9.90. The van der Waals surface area contributed by atoms with Gasteiger partial charge in [0.15, 0.2) is 0 Å². The first kappa shape index (κ1) is 17.1. The van der Waals surface area contributed by atoms with Gasteiger partial charge in [-0.2, -0.15) is 0 Å². The Kier molecular flexibility index (Phi) is 6.85. The normalized spacial score (nSPS) is 12.2. The summed E-state index contributed by atoms with van der Waals surface area (Å²) in [5.74, 6) is -1.08. The molecule has 5 heteroatoms. The molecule has 2 N–H and O–H groups in total. The van der Waals surface area contributed by atoms with Gasteiger partial charge in [0.1, 0.15) is 5.82 Å². The van der Waals surface area contributed by atoms with E-state index >= 15 is 0 Å². The summed E-state index contributed by atoms with van der Waals surface area (Å²) < 4.78 is 12.9. The van der Waals surface area contributed by atoms with E-state index in [2.05, 4.69) is 5.32 Å². The smallest absolute Gasteiger partial charge is 0.303 e. The minimum atomic E-state index is -0.846. The molecule has 1 aromatic rings. The Morgan fingerprint density at radius 2 is 1.71 bits per heavy atom. The zero-order chi connectivity index (χ0) is 15.8. The number of nitrogens with one attached hydrogen (secondary N) is 1. The monoisotopic (exact) mass is 295 g/mol. The number of carboxylic acid groups (broad SMARTS) is 1. The number of rotatable bonds is 8. The molecular weight excluding hydrogens is 273 g/mol. The maximum Gasteiger partial charge on any atom is 0.303 e. The van der Waals surface area contributed by atoms with Crippen LogP contribution in [0.5, 0.6) is 0 Å². The lowest BCUT2D eigenvalue weighted by atomic mass is 9.95. The molecule has 1 unspecified atom stereocenters. The highest BCUT2D eigenvalue weighted by atomic mass is 19.1. The highest BCUT2D eigenvalue weighted by Crippen LogP contribution is 2.22. The second-order valence-corrected chi connectivity index (χ2v) is 5.44.